The standard InChI is InChI=1S/C14H23N3O/c1-5-11(3)10-17(4)14(18)12-7-8-15-9-13(12)16-6-2/h7-9,11,16H,5-6,10H2,1-4H3. The highest BCUT2D eigenvalue weighted by Crippen LogP contribution is 2.16. The van der Waals surface area contributed by atoms with Crippen molar-refractivity contribution < 1.29 is 4.79 Å². The van der Waals surface area contributed by atoms with E-state index >= 15 is 0 Å². The van der Waals surface area contributed by atoms with Gasteiger partial charge in [0.15, 0.2) is 0 Å². The van der Waals surface area contributed by atoms with Crippen LogP contribution in [0.2, 0.25) is 0 Å². The molecular formula is C14H23N3O. The predicted octanol–water partition coefficient (Wildman–Crippen LogP) is 2.63. The van der Waals surface area contributed by atoms with Gasteiger partial charge in [-0.1, -0.05) is 20.3 Å². The van der Waals surface area contributed by atoms with E-state index in [4.69, 9.17) is 0 Å². The average Bonchev–Trinajstić information content (AvgIpc) is 2.38. The van der Waals surface area contributed by atoms with Crippen molar-refractivity contribution >= 4 is 11.6 Å². The Morgan fingerprint density at radius 1 is 1.50 bits per heavy atom. The van der Waals surface area contributed by atoms with Gasteiger partial charge in [0.1, 0.15) is 0 Å². The monoisotopic (exact) mass is 249 g/mol. The number of anilines is 1. The van der Waals surface area contributed by atoms with Crippen LogP contribution in [-0.4, -0.2) is 35.9 Å². The summed E-state index contributed by atoms with van der Waals surface area (Å²) in [6.45, 7) is 7.86. The summed E-state index contributed by atoms with van der Waals surface area (Å²) in [6.07, 6.45) is 4.44. The maximum atomic E-state index is 12.3. The molecule has 1 aromatic rings. The molecule has 0 spiro atoms. The van der Waals surface area contributed by atoms with E-state index in [-0.39, 0.29) is 5.91 Å². The number of hydrogen-bond donors (Lipinski definition) is 1. The lowest BCUT2D eigenvalue weighted by Gasteiger charge is -2.22. The first kappa shape index (κ1) is 14.5. The Labute approximate surface area is 109 Å². The molecule has 0 aliphatic rings. The van der Waals surface area contributed by atoms with Crippen LogP contribution in [0.15, 0.2) is 18.5 Å². The van der Waals surface area contributed by atoms with E-state index in [0.717, 1.165) is 25.2 Å². The van der Waals surface area contributed by atoms with Gasteiger partial charge < -0.3 is 10.2 Å². The molecule has 1 amide bonds. The Morgan fingerprint density at radius 2 is 2.22 bits per heavy atom. The molecule has 0 saturated heterocycles. The van der Waals surface area contributed by atoms with Crippen LogP contribution in [0.25, 0.3) is 0 Å². The smallest absolute Gasteiger partial charge is 0.255 e. The molecule has 1 N–H and O–H groups in total. The van der Waals surface area contributed by atoms with E-state index in [1.807, 2.05) is 14.0 Å². The zero-order valence-electron chi connectivity index (χ0n) is 11.7. The van der Waals surface area contributed by atoms with Gasteiger partial charge in [-0.05, 0) is 18.9 Å². The number of amides is 1. The van der Waals surface area contributed by atoms with E-state index in [1.165, 1.54) is 0 Å². The summed E-state index contributed by atoms with van der Waals surface area (Å²) < 4.78 is 0. The van der Waals surface area contributed by atoms with Gasteiger partial charge in [-0.2, -0.15) is 0 Å². The Morgan fingerprint density at radius 3 is 2.83 bits per heavy atom. The van der Waals surface area contributed by atoms with Crippen LogP contribution in [0.3, 0.4) is 0 Å². The molecule has 4 nitrogen and oxygen atoms in total. The number of carbonyl (C=O) groups is 1. The SMILES string of the molecule is CCNc1cnccc1C(=O)N(C)CC(C)CC. The molecule has 1 heterocycles. The van der Waals surface area contributed by atoms with Crippen molar-refractivity contribution in [1.82, 2.24) is 9.88 Å². The van der Waals surface area contributed by atoms with Crippen molar-refractivity contribution in [3.63, 3.8) is 0 Å². The number of pyridine rings is 1. The fraction of sp³-hybridized carbons (Fsp3) is 0.571. The fourth-order valence-electron chi connectivity index (χ4n) is 1.80. The van der Waals surface area contributed by atoms with Crippen LogP contribution < -0.4 is 5.32 Å². The Balaban J connectivity index is 2.82. The lowest BCUT2D eigenvalue weighted by Crippen LogP contribution is -2.31. The molecule has 1 rings (SSSR count). The van der Waals surface area contributed by atoms with Gasteiger partial charge in [-0.15, -0.1) is 0 Å². The normalized spacial score (nSPS) is 12.0. The molecule has 4 heteroatoms. The third-order valence-corrected chi connectivity index (χ3v) is 3.05. The van der Waals surface area contributed by atoms with Gasteiger partial charge in [0, 0.05) is 26.3 Å². The first-order valence-corrected chi connectivity index (χ1v) is 6.53. The summed E-state index contributed by atoms with van der Waals surface area (Å²) in [5.74, 6) is 0.567. The molecule has 18 heavy (non-hydrogen) atoms. The summed E-state index contributed by atoms with van der Waals surface area (Å²) >= 11 is 0. The molecule has 0 saturated carbocycles. The Hall–Kier alpha value is -1.58. The summed E-state index contributed by atoms with van der Waals surface area (Å²) in [5, 5.41) is 3.17. The molecule has 0 radical (unpaired) electrons. The third kappa shape index (κ3) is 3.72. The maximum absolute atomic E-state index is 12.3. The average molecular weight is 249 g/mol. The minimum atomic E-state index is 0.0497. The molecule has 100 valence electrons. The second kappa shape index (κ2) is 6.99. The molecule has 1 atom stereocenters. The number of carbonyl (C=O) groups excluding carboxylic acids is 1. The molecule has 0 aliphatic carbocycles. The number of nitrogens with one attached hydrogen (secondary N) is 1. The van der Waals surface area contributed by atoms with Crippen LogP contribution >= 0.6 is 0 Å². The van der Waals surface area contributed by atoms with Crippen molar-refractivity contribution in [2.75, 3.05) is 25.5 Å². The summed E-state index contributed by atoms with van der Waals surface area (Å²) in [7, 11) is 1.85. The summed E-state index contributed by atoms with van der Waals surface area (Å²) in [5.41, 5.74) is 1.50. The van der Waals surface area contributed by atoms with E-state index in [1.54, 1.807) is 23.4 Å². The molecular weight excluding hydrogens is 226 g/mol. The first-order chi connectivity index (χ1) is 8.60. The van der Waals surface area contributed by atoms with Gasteiger partial charge in [0.05, 0.1) is 17.4 Å². The van der Waals surface area contributed by atoms with Crippen LogP contribution in [0.5, 0.6) is 0 Å². The molecule has 0 fully saturated rings. The van der Waals surface area contributed by atoms with Gasteiger partial charge in [0.2, 0.25) is 0 Å². The van der Waals surface area contributed by atoms with Gasteiger partial charge in [0.25, 0.3) is 5.91 Å². The summed E-state index contributed by atoms with van der Waals surface area (Å²) in [4.78, 5) is 18.2. The second-order valence-corrected chi connectivity index (χ2v) is 4.65. The topological polar surface area (TPSA) is 45.2 Å². The van der Waals surface area contributed by atoms with Crippen LogP contribution in [0.4, 0.5) is 5.69 Å². The maximum Gasteiger partial charge on any atom is 0.255 e. The van der Waals surface area contributed by atoms with Gasteiger partial charge >= 0.3 is 0 Å². The number of rotatable bonds is 6. The van der Waals surface area contributed by atoms with Crippen LogP contribution in [0, 0.1) is 5.92 Å². The molecule has 0 bridgehead atoms. The summed E-state index contributed by atoms with van der Waals surface area (Å²) in [6, 6.07) is 1.77. The van der Waals surface area contributed by atoms with Crippen LogP contribution in [-0.2, 0) is 0 Å². The quantitative estimate of drug-likeness (QED) is 0.843. The third-order valence-electron chi connectivity index (χ3n) is 3.05. The molecule has 0 aliphatic heterocycles. The molecule has 1 unspecified atom stereocenters. The first-order valence-electron chi connectivity index (χ1n) is 6.53. The van der Waals surface area contributed by atoms with Gasteiger partial charge in [-0.3, -0.25) is 9.78 Å². The van der Waals surface area contributed by atoms with E-state index in [9.17, 15) is 4.79 Å². The van der Waals surface area contributed by atoms with Crippen molar-refractivity contribution in [2.24, 2.45) is 5.92 Å². The highest BCUT2D eigenvalue weighted by molar-refractivity contribution is 5.99. The van der Waals surface area contributed by atoms with E-state index in [2.05, 4.69) is 24.1 Å². The lowest BCUT2D eigenvalue weighted by molar-refractivity contribution is 0.0776. The van der Waals surface area contributed by atoms with Crippen molar-refractivity contribution in [3.8, 4) is 0 Å². The second-order valence-electron chi connectivity index (χ2n) is 4.65. The largest absolute Gasteiger partial charge is 0.383 e. The minimum absolute atomic E-state index is 0.0497. The number of hydrogen-bond acceptors (Lipinski definition) is 3. The highest BCUT2D eigenvalue weighted by Gasteiger charge is 2.16. The number of aromatic nitrogens is 1. The van der Waals surface area contributed by atoms with Crippen molar-refractivity contribution in [2.45, 2.75) is 27.2 Å². The van der Waals surface area contributed by atoms with E-state index < -0.39 is 0 Å². The lowest BCUT2D eigenvalue weighted by atomic mass is 10.1. The molecule has 0 aromatic carbocycles. The zero-order chi connectivity index (χ0) is 13.5. The molecule has 1 aromatic heterocycles. The van der Waals surface area contributed by atoms with E-state index in [0.29, 0.717) is 11.5 Å². The minimum Gasteiger partial charge on any atom is -0.383 e. The fourth-order valence-corrected chi connectivity index (χ4v) is 1.80. The van der Waals surface area contributed by atoms with Crippen molar-refractivity contribution in [1.29, 1.82) is 0 Å². The number of nitrogens with zero attached hydrogens (tertiary/aromatic N) is 2. The van der Waals surface area contributed by atoms with Crippen molar-refractivity contribution in [3.05, 3.63) is 24.0 Å². The Kier molecular flexibility index (Phi) is 5.62. The Bertz CT molecular complexity index is 392. The highest BCUT2D eigenvalue weighted by atomic mass is 16.2. The van der Waals surface area contributed by atoms with Gasteiger partial charge in [-0.25, -0.2) is 0 Å². The predicted molar refractivity (Wildman–Crippen MR) is 74.8 cm³/mol. The zero-order valence-corrected chi connectivity index (χ0v) is 11.7. The van der Waals surface area contributed by atoms with Crippen LogP contribution in [0.1, 0.15) is 37.6 Å².